The number of hydrogen-bond acceptors (Lipinski definition) is 3. The third-order valence-electron chi connectivity index (χ3n) is 4.82. The fourth-order valence-electron chi connectivity index (χ4n) is 3.41. The predicted octanol–water partition coefficient (Wildman–Crippen LogP) is 4.41. The van der Waals surface area contributed by atoms with Gasteiger partial charge in [-0.3, -0.25) is 4.79 Å². The lowest BCUT2D eigenvalue weighted by Crippen LogP contribution is -2.34. The largest absolute Gasteiger partial charge is 0.493 e. The van der Waals surface area contributed by atoms with E-state index in [2.05, 4.69) is 13.8 Å². The van der Waals surface area contributed by atoms with Gasteiger partial charge in [-0.15, -0.1) is 0 Å². The SMILES string of the molecule is COc1cc(C)c(C(=O)C2CCCCC2(C)C)cc1OC. The number of carbonyl (C=O) groups excluding carboxylic acids is 1. The summed E-state index contributed by atoms with van der Waals surface area (Å²) in [5.74, 6) is 1.65. The molecular formula is C18H26O3. The molecule has 0 saturated heterocycles. The number of ether oxygens (including phenoxy) is 2. The lowest BCUT2D eigenvalue weighted by molar-refractivity contribution is 0.0696. The number of ketones is 1. The van der Waals surface area contributed by atoms with E-state index in [-0.39, 0.29) is 17.1 Å². The van der Waals surface area contributed by atoms with Crippen molar-refractivity contribution in [3.05, 3.63) is 23.3 Å². The lowest BCUT2D eigenvalue weighted by atomic mass is 9.66. The molecule has 1 aromatic carbocycles. The van der Waals surface area contributed by atoms with Crippen LogP contribution in [0.4, 0.5) is 0 Å². The molecule has 0 aliphatic heterocycles. The summed E-state index contributed by atoms with van der Waals surface area (Å²) < 4.78 is 10.6. The fourth-order valence-corrected chi connectivity index (χ4v) is 3.41. The maximum absolute atomic E-state index is 13.0. The van der Waals surface area contributed by atoms with Crippen molar-refractivity contribution < 1.29 is 14.3 Å². The molecule has 21 heavy (non-hydrogen) atoms. The minimum absolute atomic E-state index is 0.0783. The van der Waals surface area contributed by atoms with Gasteiger partial charge in [0.25, 0.3) is 0 Å². The highest BCUT2D eigenvalue weighted by molar-refractivity contribution is 6.00. The molecule has 1 aromatic rings. The van der Waals surface area contributed by atoms with Crippen LogP contribution in [0.25, 0.3) is 0 Å². The quantitative estimate of drug-likeness (QED) is 0.770. The molecule has 1 aliphatic rings. The van der Waals surface area contributed by atoms with Crippen LogP contribution in [0.5, 0.6) is 11.5 Å². The van der Waals surface area contributed by atoms with Crippen LogP contribution >= 0.6 is 0 Å². The van der Waals surface area contributed by atoms with Gasteiger partial charge in [0.05, 0.1) is 14.2 Å². The van der Waals surface area contributed by atoms with Gasteiger partial charge in [-0.25, -0.2) is 0 Å². The standard InChI is InChI=1S/C18H26O3/c1-12-10-15(20-4)16(21-5)11-13(12)17(19)14-8-6-7-9-18(14,2)3/h10-11,14H,6-9H2,1-5H3. The van der Waals surface area contributed by atoms with Crippen molar-refractivity contribution >= 4 is 5.78 Å². The third kappa shape index (κ3) is 3.07. The van der Waals surface area contributed by atoms with Gasteiger partial charge in [-0.2, -0.15) is 0 Å². The number of Topliss-reactive ketones (excluding diaryl/α,β-unsaturated/α-hetero) is 1. The van der Waals surface area contributed by atoms with E-state index in [0.717, 1.165) is 30.4 Å². The Morgan fingerprint density at radius 1 is 1.14 bits per heavy atom. The van der Waals surface area contributed by atoms with E-state index in [9.17, 15) is 4.79 Å². The Labute approximate surface area is 127 Å². The molecule has 0 N–H and O–H groups in total. The molecule has 1 fully saturated rings. The highest BCUT2D eigenvalue weighted by Crippen LogP contribution is 2.43. The van der Waals surface area contributed by atoms with Gasteiger partial charge in [-0.1, -0.05) is 26.7 Å². The summed E-state index contributed by atoms with van der Waals surface area (Å²) in [6.07, 6.45) is 4.48. The number of benzene rings is 1. The molecule has 1 saturated carbocycles. The predicted molar refractivity (Wildman–Crippen MR) is 84.4 cm³/mol. The van der Waals surface area contributed by atoms with E-state index in [1.807, 2.05) is 19.1 Å². The Morgan fingerprint density at radius 3 is 2.33 bits per heavy atom. The zero-order valence-electron chi connectivity index (χ0n) is 13.8. The molecule has 0 heterocycles. The first kappa shape index (κ1) is 15.9. The van der Waals surface area contributed by atoms with Crippen LogP contribution in [0.15, 0.2) is 12.1 Å². The molecular weight excluding hydrogens is 264 g/mol. The van der Waals surface area contributed by atoms with Crippen molar-refractivity contribution in [3.8, 4) is 11.5 Å². The van der Waals surface area contributed by atoms with Crippen LogP contribution in [0.3, 0.4) is 0 Å². The van der Waals surface area contributed by atoms with E-state index in [1.54, 1.807) is 14.2 Å². The lowest BCUT2D eigenvalue weighted by Gasteiger charge is -2.37. The zero-order chi connectivity index (χ0) is 15.6. The Bertz CT molecular complexity index is 532. The molecule has 0 bridgehead atoms. The van der Waals surface area contributed by atoms with Crippen molar-refractivity contribution in [2.24, 2.45) is 11.3 Å². The highest BCUT2D eigenvalue weighted by Gasteiger charge is 2.38. The molecule has 0 amide bonds. The molecule has 0 aromatic heterocycles. The molecule has 0 radical (unpaired) electrons. The van der Waals surface area contributed by atoms with Gasteiger partial charge in [0.1, 0.15) is 0 Å². The maximum atomic E-state index is 13.0. The van der Waals surface area contributed by atoms with Gasteiger partial charge in [0.2, 0.25) is 0 Å². The number of carbonyl (C=O) groups is 1. The van der Waals surface area contributed by atoms with Crippen LogP contribution in [-0.4, -0.2) is 20.0 Å². The molecule has 3 nitrogen and oxygen atoms in total. The molecule has 2 rings (SSSR count). The van der Waals surface area contributed by atoms with Gasteiger partial charge < -0.3 is 9.47 Å². The highest BCUT2D eigenvalue weighted by atomic mass is 16.5. The first-order chi connectivity index (χ1) is 9.90. The van der Waals surface area contributed by atoms with Gasteiger partial charge in [0, 0.05) is 11.5 Å². The van der Waals surface area contributed by atoms with E-state index >= 15 is 0 Å². The normalized spacial score (nSPS) is 20.9. The molecule has 1 atom stereocenters. The summed E-state index contributed by atoms with van der Waals surface area (Å²) >= 11 is 0. The number of aryl methyl sites for hydroxylation is 1. The minimum atomic E-state index is 0.0783. The first-order valence-corrected chi connectivity index (χ1v) is 7.67. The Hall–Kier alpha value is -1.51. The summed E-state index contributed by atoms with van der Waals surface area (Å²) in [5.41, 5.74) is 1.81. The summed E-state index contributed by atoms with van der Waals surface area (Å²) in [7, 11) is 3.22. The van der Waals surface area contributed by atoms with Crippen molar-refractivity contribution in [3.63, 3.8) is 0 Å². The molecule has 1 aliphatic carbocycles. The topological polar surface area (TPSA) is 35.5 Å². The monoisotopic (exact) mass is 290 g/mol. The second-order valence-electron chi connectivity index (χ2n) is 6.67. The van der Waals surface area contributed by atoms with E-state index < -0.39 is 0 Å². The number of methoxy groups -OCH3 is 2. The van der Waals surface area contributed by atoms with Crippen molar-refractivity contribution in [1.82, 2.24) is 0 Å². The third-order valence-corrected chi connectivity index (χ3v) is 4.82. The first-order valence-electron chi connectivity index (χ1n) is 7.67. The molecule has 3 heteroatoms. The fraction of sp³-hybridized carbons (Fsp3) is 0.611. The molecule has 0 spiro atoms. The zero-order valence-corrected chi connectivity index (χ0v) is 13.8. The van der Waals surface area contributed by atoms with Crippen molar-refractivity contribution in [1.29, 1.82) is 0 Å². The van der Waals surface area contributed by atoms with Crippen LogP contribution in [0, 0.1) is 18.3 Å². The second-order valence-corrected chi connectivity index (χ2v) is 6.67. The molecule has 1 unspecified atom stereocenters. The Morgan fingerprint density at radius 2 is 1.76 bits per heavy atom. The average molecular weight is 290 g/mol. The summed E-state index contributed by atoms with van der Waals surface area (Å²) in [6.45, 7) is 6.39. The van der Waals surface area contributed by atoms with Crippen LogP contribution in [-0.2, 0) is 0 Å². The number of hydrogen-bond donors (Lipinski definition) is 0. The summed E-state index contributed by atoms with van der Waals surface area (Å²) in [5, 5.41) is 0. The smallest absolute Gasteiger partial charge is 0.166 e. The van der Waals surface area contributed by atoms with E-state index in [0.29, 0.717) is 11.5 Å². The van der Waals surface area contributed by atoms with Crippen molar-refractivity contribution in [2.75, 3.05) is 14.2 Å². The summed E-state index contributed by atoms with van der Waals surface area (Å²) in [4.78, 5) is 13.0. The van der Waals surface area contributed by atoms with Crippen LogP contribution in [0.1, 0.15) is 55.5 Å². The second kappa shape index (κ2) is 6.08. The van der Waals surface area contributed by atoms with Crippen LogP contribution in [0.2, 0.25) is 0 Å². The van der Waals surface area contributed by atoms with Gasteiger partial charge in [0.15, 0.2) is 17.3 Å². The van der Waals surface area contributed by atoms with Gasteiger partial charge in [-0.05, 0) is 42.9 Å². The number of rotatable bonds is 4. The Balaban J connectivity index is 2.39. The summed E-state index contributed by atoms with van der Waals surface area (Å²) in [6, 6.07) is 3.73. The minimum Gasteiger partial charge on any atom is -0.493 e. The van der Waals surface area contributed by atoms with Gasteiger partial charge >= 0.3 is 0 Å². The molecule has 116 valence electrons. The average Bonchev–Trinajstić information content (AvgIpc) is 2.45. The van der Waals surface area contributed by atoms with E-state index in [1.165, 1.54) is 6.42 Å². The van der Waals surface area contributed by atoms with Crippen molar-refractivity contribution in [2.45, 2.75) is 46.5 Å². The Kier molecular flexibility index (Phi) is 4.60. The van der Waals surface area contributed by atoms with E-state index in [4.69, 9.17) is 9.47 Å². The maximum Gasteiger partial charge on any atom is 0.166 e. The van der Waals surface area contributed by atoms with Crippen LogP contribution < -0.4 is 9.47 Å².